The zero-order chi connectivity index (χ0) is 12.7. The van der Waals surface area contributed by atoms with Crippen LogP contribution in [0.4, 0.5) is 10.1 Å². The fraction of sp³-hybridized carbons (Fsp3) is 0.273. The third-order valence-electron chi connectivity index (χ3n) is 1.85. The molecule has 0 spiro atoms. The van der Waals surface area contributed by atoms with Gasteiger partial charge in [0.1, 0.15) is 5.82 Å². The highest BCUT2D eigenvalue weighted by molar-refractivity contribution is 7.99. The molecule has 0 aliphatic rings. The van der Waals surface area contributed by atoms with Crippen molar-refractivity contribution in [3.8, 4) is 0 Å². The van der Waals surface area contributed by atoms with E-state index in [4.69, 9.17) is 5.73 Å². The van der Waals surface area contributed by atoms with Crippen molar-refractivity contribution in [1.29, 1.82) is 0 Å². The normalized spacial score (nSPS) is 9.94. The van der Waals surface area contributed by atoms with Gasteiger partial charge in [-0.1, -0.05) is 0 Å². The minimum absolute atomic E-state index is 0.173. The molecule has 0 aromatic heterocycles. The molecular weight excluding hydrogens is 243 g/mol. The van der Waals surface area contributed by atoms with Crippen molar-refractivity contribution < 1.29 is 14.0 Å². The Kier molecular flexibility index (Phi) is 5.48. The topological polar surface area (TPSA) is 72.2 Å². The van der Waals surface area contributed by atoms with E-state index in [9.17, 15) is 14.0 Å². The smallest absolute Gasteiger partial charge is 0.227 e. The Balaban J connectivity index is 2.25. The average Bonchev–Trinajstić information content (AvgIpc) is 2.27. The quantitative estimate of drug-likeness (QED) is 0.755. The molecule has 0 saturated heterocycles. The molecule has 0 atom stereocenters. The van der Waals surface area contributed by atoms with Gasteiger partial charge in [-0.2, -0.15) is 11.8 Å². The van der Waals surface area contributed by atoms with Crippen LogP contribution in [0.15, 0.2) is 24.3 Å². The van der Waals surface area contributed by atoms with Crippen molar-refractivity contribution in [3.63, 3.8) is 0 Å². The van der Waals surface area contributed by atoms with E-state index in [0.717, 1.165) is 0 Å². The van der Waals surface area contributed by atoms with E-state index in [1.54, 1.807) is 0 Å². The third kappa shape index (κ3) is 5.91. The maximum absolute atomic E-state index is 12.6. The molecule has 1 rings (SSSR count). The molecule has 1 aromatic carbocycles. The lowest BCUT2D eigenvalue weighted by atomic mass is 10.3. The number of primary amides is 1. The molecule has 3 N–H and O–H groups in total. The second-order valence-corrected chi connectivity index (χ2v) is 4.43. The first kappa shape index (κ1) is 13.5. The maximum atomic E-state index is 12.6. The summed E-state index contributed by atoms with van der Waals surface area (Å²) in [6.45, 7) is 0. The number of nitrogens with one attached hydrogen (secondary N) is 1. The van der Waals surface area contributed by atoms with Gasteiger partial charge in [0.05, 0.1) is 5.75 Å². The summed E-state index contributed by atoms with van der Waals surface area (Å²) in [7, 11) is 0. The van der Waals surface area contributed by atoms with Gasteiger partial charge in [0, 0.05) is 17.9 Å². The molecule has 0 unspecified atom stereocenters. The summed E-state index contributed by atoms with van der Waals surface area (Å²) in [5, 5.41) is 2.62. The van der Waals surface area contributed by atoms with Crippen molar-refractivity contribution in [3.05, 3.63) is 30.1 Å². The highest BCUT2D eigenvalue weighted by Crippen LogP contribution is 2.09. The lowest BCUT2D eigenvalue weighted by molar-refractivity contribution is -0.116. The number of anilines is 1. The van der Waals surface area contributed by atoms with Gasteiger partial charge in [-0.25, -0.2) is 4.39 Å². The molecule has 0 heterocycles. The molecule has 0 saturated carbocycles. The lowest BCUT2D eigenvalue weighted by Gasteiger charge is -2.04. The molecule has 0 radical (unpaired) electrons. The average molecular weight is 256 g/mol. The zero-order valence-electron chi connectivity index (χ0n) is 9.11. The van der Waals surface area contributed by atoms with Crippen molar-refractivity contribution >= 4 is 29.3 Å². The highest BCUT2D eigenvalue weighted by atomic mass is 32.2. The Hall–Kier alpha value is -1.56. The Labute approximate surface area is 103 Å². The van der Waals surface area contributed by atoms with Crippen LogP contribution in [0.5, 0.6) is 0 Å². The number of carbonyl (C=O) groups is 2. The molecule has 0 aliphatic heterocycles. The molecule has 1 aromatic rings. The molecule has 17 heavy (non-hydrogen) atoms. The highest BCUT2D eigenvalue weighted by Gasteiger charge is 2.03. The summed E-state index contributed by atoms with van der Waals surface area (Å²) < 4.78 is 12.6. The summed E-state index contributed by atoms with van der Waals surface area (Å²) >= 11 is 1.31. The molecule has 4 nitrogen and oxygen atoms in total. The first-order valence-electron chi connectivity index (χ1n) is 4.99. The molecule has 0 fully saturated rings. The summed E-state index contributed by atoms with van der Waals surface area (Å²) in [4.78, 5) is 21.8. The molecule has 0 bridgehead atoms. The van der Waals surface area contributed by atoms with Crippen LogP contribution in [0.3, 0.4) is 0 Å². The van der Waals surface area contributed by atoms with E-state index in [0.29, 0.717) is 11.4 Å². The Bertz CT molecular complexity index is 395. The number of carbonyl (C=O) groups excluding carboxylic acids is 2. The number of nitrogens with two attached hydrogens (primary N) is 1. The first-order chi connectivity index (χ1) is 8.08. The number of rotatable bonds is 6. The van der Waals surface area contributed by atoms with Crippen LogP contribution in [0.1, 0.15) is 6.42 Å². The Morgan fingerprint density at radius 1 is 1.29 bits per heavy atom. The second kappa shape index (κ2) is 6.90. The van der Waals surface area contributed by atoms with Gasteiger partial charge in [0.2, 0.25) is 11.8 Å². The van der Waals surface area contributed by atoms with Crippen LogP contribution in [-0.4, -0.2) is 23.3 Å². The predicted molar refractivity (Wildman–Crippen MR) is 66.2 cm³/mol. The number of amides is 2. The van der Waals surface area contributed by atoms with Gasteiger partial charge in [-0.3, -0.25) is 9.59 Å². The minimum Gasteiger partial charge on any atom is -0.369 e. The SMILES string of the molecule is NC(=O)CSCCC(=O)Nc1ccc(F)cc1. The summed E-state index contributed by atoms with van der Waals surface area (Å²) in [5.74, 6) is -0.178. The Morgan fingerprint density at radius 3 is 2.53 bits per heavy atom. The van der Waals surface area contributed by atoms with E-state index in [1.165, 1.54) is 36.0 Å². The summed E-state index contributed by atoms with van der Waals surface area (Å²) in [6, 6.07) is 5.53. The van der Waals surface area contributed by atoms with Crippen molar-refractivity contribution in [2.45, 2.75) is 6.42 Å². The van der Waals surface area contributed by atoms with E-state index < -0.39 is 5.91 Å². The molecule has 6 heteroatoms. The standard InChI is InChI=1S/C11H13FN2O2S/c12-8-1-3-9(4-2-8)14-11(16)5-6-17-7-10(13)15/h1-4H,5-7H2,(H2,13,15)(H,14,16). The number of thioether (sulfide) groups is 1. The third-order valence-corrected chi connectivity index (χ3v) is 2.83. The number of hydrogen-bond acceptors (Lipinski definition) is 3. The van der Waals surface area contributed by atoms with Crippen LogP contribution in [-0.2, 0) is 9.59 Å². The van der Waals surface area contributed by atoms with E-state index >= 15 is 0 Å². The minimum atomic E-state index is -0.394. The van der Waals surface area contributed by atoms with Gasteiger partial charge < -0.3 is 11.1 Å². The van der Waals surface area contributed by atoms with E-state index in [1.807, 2.05) is 0 Å². The number of benzene rings is 1. The Morgan fingerprint density at radius 2 is 1.94 bits per heavy atom. The summed E-state index contributed by atoms with van der Waals surface area (Å²) in [6.07, 6.45) is 0.287. The zero-order valence-corrected chi connectivity index (χ0v) is 9.93. The first-order valence-corrected chi connectivity index (χ1v) is 6.15. The van der Waals surface area contributed by atoms with Crippen molar-refractivity contribution in [1.82, 2.24) is 0 Å². The van der Waals surface area contributed by atoms with E-state index in [2.05, 4.69) is 5.32 Å². The lowest BCUT2D eigenvalue weighted by Crippen LogP contribution is -2.15. The molecule has 2 amide bonds. The van der Waals surface area contributed by atoms with Crippen molar-refractivity contribution in [2.75, 3.05) is 16.8 Å². The maximum Gasteiger partial charge on any atom is 0.227 e. The van der Waals surface area contributed by atoms with Gasteiger partial charge >= 0.3 is 0 Å². The fourth-order valence-electron chi connectivity index (χ4n) is 1.09. The van der Waals surface area contributed by atoms with Gasteiger partial charge in [0.25, 0.3) is 0 Å². The van der Waals surface area contributed by atoms with Crippen LogP contribution in [0, 0.1) is 5.82 Å². The van der Waals surface area contributed by atoms with Crippen LogP contribution < -0.4 is 11.1 Å². The van der Waals surface area contributed by atoms with Crippen LogP contribution in [0.2, 0.25) is 0 Å². The van der Waals surface area contributed by atoms with Gasteiger partial charge in [-0.15, -0.1) is 0 Å². The largest absolute Gasteiger partial charge is 0.369 e. The molecule has 92 valence electrons. The fourth-order valence-corrected chi connectivity index (χ4v) is 1.77. The predicted octanol–water partition coefficient (Wildman–Crippen LogP) is 1.37. The van der Waals surface area contributed by atoms with E-state index in [-0.39, 0.29) is 23.9 Å². The summed E-state index contributed by atoms with van der Waals surface area (Å²) in [5.41, 5.74) is 5.50. The van der Waals surface area contributed by atoms with Crippen molar-refractivity contribution in [2.24, 2.45) is 5.73 Å². The van der Waals surface area contributed by atoms with Crippen LogP contribution in [0.25, 0.3) is 0 Å². The second-order valence-electron chi connectivity index (χ2n) is 3.32. The van der Waals surface area contributed by atoms with Gasteiger partial charge in [-0.05, 0) is 24.3 Å². The van der Waals surface area contributed by atoms with Crippen LogP contribution >= 0.6 is 11.8 Å². The molecular formula is C11H13FN2O2S. The number of hydrogen-bond donors (Lipinski definition) is 2. The monoisotopic (exact) mass is 256 g/mol. The molecule has 0 aliphatic carbocycles. The van der Waals surface area contributed by atoms with Gasteiger partial charge in [0.15, 0.2) is 0 Å². The number of halogens is 1.